The second-order valence-corrected chi connectivity index (χ2v) is 6.24. The van der Waals surface area contributed by atoms with Crippen LogP contribution in [0.2, 0.25) is 0 Å². The van der Waals surface area contributed by atoms with Crippen LogP contribution in [0.15, 0.2) is 42.5 Å². The first-order valence-corrected chi connectivity index (χ1v) is 8.44. The van der Waals surface area contributed by atoms with Crippen molar-refractivity contribution in [2.24, 2.45) is 0 Å². The quantitative estimate of drug-likeness (QED) is 0.644. The van der Waals surface area contributed by atoms with Crippen LogP contribution in [0.5, 0.6) is 5.75 Å². The molecule has 0 aliphatic carbocycles. The normalized spacial score (nSPS) is 13.6. The number of amides is 2. The zero-order chi connectivity index (χ0) is 19.6. The van der Waals surface area contributed by atoms with Crippen LogP contribution in [0.3, 0.4) is 0 Å². The standard InChI is InChI=1S/C19H19N3O5/c1-12(20-18(23)14-4-3-5-15(10-14)22(25)26)19(24)21-9-8-13-11-16(27-2)6-7-17(13)21/h3-7,10-12H,8-9H2,1-2H3,(H,20,23)/t12-/m1/s1. The number of hydrogen-bond donors (Lipinski definition) is 1. The van der Waals surface area contributed by atoms with Gasteiger partial charge in [0.2, 0.25) is 5.91 Å². The second kappa shape index (κ2) is 7.45. The zero-order valence-electron chi connectivity index (χ0n) is 15.0. The van der Waals surface area contributed by atoms with Gasteiger partial charge < -0.3 is 15.0 Å². The Bertz CT molecular complexity index is 912. The van der Waals surface area contributed by atoms with E-state index in [4.69, 9.17) is 4.74 Å². The van der Waals surface area contributed by atoms with Crippen LogP contribution in [0.4, 0.5) is 11.4 Å². The molecule has 8 heteroatoms. The molecule has 0 fully saturated rings. The molecule has 27 heavy (non-hydrogen) atoms. The number of nitro benzene ring substituents is 1. The van der Waals surface area contributed by atoms with Crippen LogP contribution in [0, 0.1) is 10.1 Å². The number of nitrogens with one attached hydrogen (secondary N) is 1. The molecule has 1 aliphatic heterocycles. The number of fused-ring (bicyclic) bond motifs is 1. The van der Waals surface area contributed by atoms with Gasteiger partial charge in [0.15, 0.2) is 0 Å². The monoisotopic (exact) mass is 369 g/mol. The molecular formula is C19H19N3O5. The Morgan fingerprint density at radius 1 is 1.26 bits per heavy atom. The van der Waals surface area contributed by atoms with Crippen LogP contribution < -0.4 is 15.0 Å². The summed E-state index contributed by atoms with van der Waals surface area (Å²) in [7, 11) is 1.59. The molecule has 0 unspecified atom stereocenters. The van der Waals surface area contributed by atoms with E-state index in [1.807, 2.05) is 12.1 Å². The number of nitro groups is 1. The maximum Gasteiger partial charge on any atom is 0.270 e. The molecule has 1 heterocycles. The van der Waals surface area contributed by atoms with Gasteiger partial charge in [-0.3, -0.25) is 19.7 Å². The van der Waals surface area contributed by atoms with Gasteiger partial charge in [-0.1, -0.05) is 6.07 Å². The lowest BCUT2D eigenvalue weighted by molar-refractivity contribution is -0.384. The minimum atomic E-state index is -0.773. The zero-order valence-corrected chi connectivity index (χ0v) is 15.0. The SMILES string of the molecule is COc1ccc2c(c1)CCN2C(=O)[C@@H](C)NC(=O)c1cccc([N+](=O)[O-])c1. The minimum Gasteiger partial charge on any atom is -0.497 e. The number of anilines is 1. The maximum absolute atomic E-state index is 12.8. The van der Waals surface area contributed by atoms with Crippen molar-refractivity contribution in [3.8, 4) is 5.75 Å². The number of hydrogen-bond acceptors (Lipinski definition) is 5. The Morgan fingerprint density at radius 2 is 2.04 bits per heavy atom. The number of methoxy groups -OCH3 is 1. The summed E-state index contributed by atoms with van der Waals surface area (Å²) >= 11 is 0. The molecular weight excluding hydrogens is 350 g/mol. The third-order valence-electron chi connectivity index (χ3n) is 4.49. The molecule has 2 aromatic rings. The van der Waals surface area contributed by atoms with Gasteiger partial charge in [0, 0.05) is 29.9 Å². The Morgan fingerprint density at radius 3 is 2.74 bits per heavy atom. The van der Waals surface area contributed by atoms with Crippen LogP contribution in [0.1, 0.15) is 22.8 Å². The van der Waals surface area contributed by atoms with E-state index < -0.39 is 16.9 Å². The first-order chi connectivity index (χ1) is 12.9. The van der Waals surface area contributed by atoms with E-state index in [9.17, 15) is 19.7 Å². The molecule has 0 saturated heterocycles. The summed E-state index contributed by atoms with van der Waals surface area (Å²) in [6.45, 7) is 2.12. The number of benzene rings is 2. The average Bonchev–Trinajstić information content (AvgIpc) is 3.10. The van der Waals surface area contributed by atoms with Crippen LogP contribution >= 0.6 is 0 Å². The lowest BCUT2D eigenvalue weighted by Gasteiger charge is -2.22. The molecule has 1 aliphatic rings. The van der Waals surface area contributed by atoms with Gasteiger partial charge in [0.1, 0.15) is 11.8 Å². The molecule has 0 saturated carbocycles. The van der Waals surface area contributed by atoms with E-state index in [-0.39, 0.29) is 17.2 Å². The highest BCUT2D eigenvalue weighted by atomic mass is 16.6. The van der Waals surface area contributed by atoms with E-state index in [2.05, 4.69) is 5.32 Å². The molecule has 0 radical (unpaired) electrons. The summed E-state index contributed by atoms with van der Waals surface area (Å²) in [5, 5.41) is 13.5. The van der Waals surface area contributed by atoms with Crippen molar-refractivity contribution in [1.29, 1.82) is 0 Å². The Hall–Kier alpha value is -3.42. The van der Waals surface area contributed by atoms with E-state index in [1.165, 1.54) is 24.3 Å². The third kappa shape index (κ3) is 3.74. The molecule has 2 aromatic carbocycles. The molecule has 1 N–H and O–H groups in total. The van der Waals surface area contributed by atoms with Gasteiger partial charge in [-0.05, 0) is 43.2 Å². The van der Waals surface area contributed by atoms with E-state index >= 15 is 0 Å². The van der Waals surface area contributed by atoms with Gasteiger partial charge in [0.05, 0.1) is 12.0 Å². The molecule has 1 atom stereocenters. The Kier molecular flexibility index (Phi) is 5.07. The first kappa shape index (κ1) is 18.4. The number of ether oxygens (including phenoxy) is 1. The molecule has 140 valence electrons. The lowest BCUT2D eigenvalue weighted by Crippen LogP contribution is -2.46. The fourth-order valence-electron chi connectivity index (χ4n) is 3.07. The Balaban J connectivity index is 1.71. The highest BCUT2D eigenvalue weighted by molar-refractivity contribution is 6.03. The van der Waals surface area contributed by atoms with Crippen LogP contribution in [-0.2, 0) is 11.2 Å². The largest absolute Gasteiger partial charge is 0.497 e. The smallest absolute Gasteiger partial charge is 0.270 e. The molecule has 0 bridgehead atoms. The van der Waals surface area contributed by atoms with Gasteiger partial charge in [-0.15, -0.1) is 0 Å². The minimum absolute atomic E-state index is 0.135. The van der Waals surface area contributed by atoms with Crippen molar-refractivity contribution in [1.82, 2.24) is 5.32 Å². The summed E-state index contributed by atoms with van der Waals surface area (Å²) in [5.74, 6) is -0.0403. The van der Waals surface area contributed by atoms with Crippen molar-refractivity contribution in [3.63, 3.8) is 0 Å². The number of carbonyl (C=O) groups is 2. The van der Waals surface area contributed by atoms with Gasteiger partial charge in [-0.25, -0.2) is 0 Å². The molecule has 0 spiro atoms. The maximum atomic E-state index is 12.8. The number of nitrogens with zero attached hydrogens (tertiary/aromatic N) is 2. The van der Waals surface area contributed by atoms with Crippen molar-refractivity contribution in [2.45, 2.75) is 19.4 Å². The van der Waals surface area contributed by atoms with Gasteiger partial charge in [0.25, 0.3) is 11.6 Å². The molecule has 2 amide bonds. The van der Waals surface area contributed by atoms with Gasteiger partial charge in [-0.2, -0.15) is 0 Å². The fourth-order valence-corrected chi connectivity index (χ4v) is 3.07. The molecule has 0 aromatic heterocycles. The first-order valence-electron chi connectivity index (χ1n) is 8.44. The van der Waals surface area contributed by atoms with Crippen molar-refractivity contribution in [2.75, 3.05) is 18.6 Å². The van der Waals surface area contributed by atoms with Crippen LogP contribution in [-0.4, -0.2) is 36.4 Å². The van der Waals surface area contributed by atoms with E-state index in [0.29, 0.717) is 13.0 Å². The summed E-state index contributed by atoms with van der Waals surface area (Å²) in [6, 6.07) is 10.1. The number of carbonyl (C=O) groups excluding carboxylic acids is 2. The highest BCUT2D eigenvalue weighted by Crippen LogP contribution is 2.31. The summed E-state index contributed by atoms with van der Waals surface area (Å²) < 4.78 is 5.20. The molecule has 8 nitrogen and oxygen atoms in total. The van der Waals surface area contributed by atoms with Crippen molar-refractivity contribution < 1.29 is 19.2 Å². The summed E-state index contributed by atoms with van der Waals surface area (Å²) in [5.41, 5.74) is 1.77. The summed E-state index contributed by atoms with van der Waals surface area (Å²) in [6.07, 6.45) is 0.712. The predicted molar refractivity (Wildman–Crippen MR) is 99.1 cm³/mol. The third-order valence-corrected chi connectivity index (χ3v) is 4.49. The van der Waals surface area contributed by atoms with Crippen LogP contribution in [0.25, 0.3) is 0 Å². The second-order valence-electron chi connectivity index (χ2n) is 6.24. The number of rotatable bonds is 5. The van der Waals surface area contributed by atoms with E-state index in [1.54, 1.807) is 25.0 Å². The van der Waals surface area contributed by atoms with Crippen molar-refractivity contribution >= 4 is 23.2 Å². The average molecular weight is 369 g/mol. The fraction of sp³-hybridized carbons (Fsp3) is 0.263. The topological polar surface area (TPSA) is 102 Å². The van der Waals surface area contributed by atoms with Gasteiger partial charge >= 0.3 is 0 Å². The highest BCUT2D eigenvalue weighted by Gasteiger charge is 2.29. The summed E-state index contributed by atoms with van der Waals surface area (Å²) in [4.78, 5) is 37.0. The van der Waals surface area contributed by atoms with E-state index in [0.717, 1.165) is 17.0 Å². The molecule has 3 rings (SSSR count). The van der Waals surface area contributed by atoms with Crippen molar-refractivity contribution in [3.05, 3.63) is 63.7 Å². The Labute approximate surface area is 155 Å². The lowest BCUT2D eigenvalue weighted by atomic mass is 10.1. The predicted octanol–water partition coefficient (Wildman–Crippen LogP) is 2.31. The number of non-ortho nitro benzene ring substituents is 1.